The molecule has 0 radical (unpaired) electrons. The average molecular weight is 260 g/mol. The van der Waals surface area contributed by atoms with Crippen LogP contribution in [-0.2, 0) is 16.0 Å². The first-order chi connectivity index (χ1) is 7.90. The number of carboxylic acid groups (broad SMARTS) is 1. The SMILES string of the molecule is CN(CC(=O)O)C(=O)Cc1ccc(Cl)cc1F. The van der Waals surface area contributed by atoms with Gasteiger partial charge in [-0.2, -0.15) is 0 Å². The first kappa shape index (κ1) is 13.4. The first-order valence-corrected chi connectivity index (χ1v) is 5.17. The van der Waals surface area contributed by atoms with Gasteiger partial charge in [-0.1, -0.05) is 17.7 Å². The number of halogens is 2. The first-order valence-electron chi connectivity index (χ1n) is 4.80. The highest BCUT2D eigenvalue weighted by Crippen LogP contribution is 2.15. The van der Waals surface area contributed by atoms with Crippen LogP contribution in [0.4, 0.5) is 4.39 Å². The Bertz CT molecular complexity index is 450. The fourth-order valence-electron chi connectivity index (χ4n) is 1.25. The summed E-state index contributed by atoms with van der Waals surface area (Å²) in [6, 6.07) is 4.00. The summed E-state index contributed by atoms with van der Waals surface area (Å²) in [6.07, 6.45) is -0.188. The Morgan fingerprint density at radius 1 is 1.47 bits per heavy atom. The van der Waals surface area contributed by atoms with E-state index in [1.54, 1.807) is 0 Å². The Kier molecular flexibility index (Phi) is 4.45. The molecule has 92 valence electrons. The van der Waals surface area contributed by atoms with Gasteiger partial charge in [0.1, 0.15) is 12.4 Å². The fraction of sp³-hybridized carbons (Fsp3) is 0.273. The van der Waals surface area contributed by atoms with E-state index < -0.39 is 24.2 Å². The van der Waals surface area contributed by atoms with Crippen molar-refractivity contribution >= 4 is 23.5 Å². The van der Waals surface area contributed by atoms with Crippen LogP contribution in [0.5, 0.6) is 0 Å². The summed E-state index contributed by atoms with van der Waals surface area (Å²) in [5, 5.41) is 8.75. The van der Waals surface area contributed by atoms with Crippen LogP contribution in [0.2, 0.25) is 5.02 Å². The minimum atomic E-state index is -1.11. The number of nitrogens with zero attached hydrogens (tertiary/aromatic N) is 1. The third-order valence-corrected chi connectivity index (χ3v) is 2.39. The van der Waals surface area contributed by atoms with Crippen LogP contribution in [-0.4, -0.2) is 35.5 Å². The molecular formula is C11H11ClFNO3. The van der Waals surface area contributed by atoms with Crippen LogP contribution >= 0.6 is 11.6 Å². The van der Waals surface area contributed by atoms with Gasteiger partial charge in [0.15, 0.2) is 0 Å². The zero-order chi connectivity index (χ0) is 13.0. The third-order valence-electron chi connectivity index (χ3n) is 2.15. The largest absolute Gasteiger partial charge is 0.480 e. The number of aliphatic carboxylic acids is 1. The summed E-state index contributed by atoms with van der Waals surface area (Å²) < 4.78 is 13.4. The molecule has 0 unspecified atom stereocenters. The lowest BCUT2D eigenvalue weighted by atomic mass is 10.1. The van der Waals surface area contributed by atoms with Crippen molar-refractivity contribution in [1.29, 1.82) is 0 Å². The number of benzene rings is 1. The third kappa shape index (κ3) is 4.03. The van der Waals surface area contributed by atoms with E-state index in [-0.39, 0.29) is 17.0 Å². The molecule has 0 aliphatic rings. The van der Waals surface area contributed by atoms with Gasteiger partial charge < -0.3 is 10.0 Å². The highest BCUT2D eigenvalue weighted by molar-refractivity contribution is 6.30. The molecule has 0 bridgehead atoms. The lowest BCUT2D eigenvalue weighted by Crippen LogP contribution is -2.33. The van der Waals surface area contributed by atoms with Crippen molar-refractivity contribution in [2.45, 2.75) is 6.42 Å². The van der Waals surface area contributed by atoms with E-state index in [2.05, 4.69) is 0 Å². The summed E-state index contributed by atoms with van der Waals surface area (Å²) in [6.45, 7) is -0.409. The van der Waals surface area contributed by atoms with Crippen LogP contribution in [0.15, 0.2) is 18.2 Å². The normalized spacial score (nSPS) is 10.1. The number of likely N-dealkylation sites (N-methyl/N-ethyl adjacent to an activating group) is 1. The molecular weight excluding hydrogens is 249 g/mol. The molecule has 0 aliphatic heterocycles. The monoisotopic (exact) mass is 259 g/mol. The minimum absolute atomic E-state index is 0.188. The summed E-state index contributed by atoms with van der Waals surface area (Å²) >= 11 is 5.57. The molecule has 17 heavy (non-hydrogen) atoms. The molecule has 0 atom stereocenters. The molecule has 1 N–H and O–H groups in total. The van der Waals surface area contributed by atoms with Gasteiger partial charge in [0.2, 0.25) is 5.91 Å². The minimum Gasteiger partial charge on any atom is -0.480 e. The van der Waals surface area contributed by atoms with Gasteiger partial charge in [-0.3, -0.25) is 9.59 Å². The van der Waals surface area contributed by atoms with E-state index in [9.17, 15) is 14.0 Å². The second-order valence-electron chi connectivity index (χ2n) is 3.56. The molecule has 1 aromatic carbocycles. The highest BCUT2D eigenvalue weighted by atomic mass is 35.5. The Hall–Kier alpha value is -1.62. The van der Waals surface area contributed by atoms with E-state index in [0.29, 0.717) is 0 Å². The Labute approximate surface area is 103 Å². The molecule has 0 spiro atoms. The summed E-state index contributed by atoms with van der Waals surface area (Å²) in [4.78, 5) is 23.0. The number of hydrogen-bond donors (Lipinski definition) is 1. The maximum Gasteiger partial charge on any atom is 0.323 e. The van der Waals surface area contributed by atoms with Crippen molar-refractivity contribution in [2.75, 3.05) is 13.6 Å². The molecule has 0 fully saturated rings. The zero-order valence-electron chi connectivity index (χ0n) is 9.11. The second-order valence-corrected chi connectivity index (χ2v) is 3.99. The summed E-state index contributed by atoms with van der Waals surface area (Å²) in [5.74, 6) is -2.15. The molecule has 0 heterocycles. The van der Waals surface area contributed by atoms with Gasteiger partial charge in [-0.15, -0.1) is 0 Å². The summed E-state index contributed by atoms with van der Waals surface area (Å²) in [7, 11) is 1.35. The number of carbonyl (C=O) groups is 2. The second kappa shape index (κ2) is 5.63. The van der Waals surface area contributed by atoms with Gasteiger partial charge in [0.05, 0.1) is 6.42 Å². The lowest BCUT2D eigenvalue weighted by Gasteiger charge is -2.14. The van der Waals surface area contributed by atoms with Crippen LogP contribution in [0, 0.1) is 5.82 Å². The quantitative estimate of drug-likeness (QED) is 0.893. The average Bonchev–Trinajstić information content (AvgIpc) is 2.21. The van der Waals surface area contributed by atoms with E-state index in [1.807, 2.05) is 0 Å². The molecule has 4 nitrogen and oxygen atoms in total. The standard InChI is InChI=1S/C11H11ClFNO3/c1-14(6-11(16)17)10(15)4-7-2-3-8(12)5-9(7)13/h2-3,5H,4,6H2,1H3,(H,16,17). The number of carboxylic acids is 1. The lowest BCUT2D eigenvalue weighted by molar-refractivity contribution is -0.143. The van der Waals surface area contributed by atoms with Gasteiger partial charge in [0, 0.05) is 12.1 Å². The molecule has 0 saturated heterocycles. The van der Waals surface area contributed by atoms with Crippen molar-refractivity contribution in [3.8, 4) is 0 Å². The van der Waals surface area contributed by atoms with Gasteiger partial charge >= 0.3 is 5.97 Å². The van der Waals surface area contributed by atoms with Gasteiger partial charge in [-0.25, -0.2) is 4.39 Å². The number of carbonyl (C=O) groups excluding carboxylic acids is 1. The smallest absolute Gasteiger partial charge is 0.323 e. The Balaban J connectivity index is 2.71. The zero-order valence-corrected chi connectivity index (χ0v) is 9.87. The number of rotatable bonds is 4. The molecule has 1 aromatic rings. The van der Waals surface area contributed by atoms with E-state index in [4.69, 9.17) is 16.7 Å². The maximum absolute atomic E-state index is 13.4. The van der Waals surface area contributed by atoms with Gasteiger partial charge in [0.25, 0.3) is 0 Å². The van der Waals surface area contributed by atoms with Crippen molar-refractivity contribution in [2.24, 2.45) is 0 Å². The van der Waals surface area contributed by atoms with E-state index in [1.165, 1.54) is 19.2 Å². The topological polar surface area (TPSA) is 57.6 Å². The molecule has 1 rings (SSSR count). The van der Waals surface area contributed by atoms with Crippen molar-refractivity contribution in [3.05, 3.63) is 34.6 Å². The van der Waals surface area contributed by atoms with Crippen LogP contribution < -0.4 is 0 Å². The molecule has 0 aliphatic carbocycles. The van der Waals surface area contributed by atoms with Crippen LogP contribution in [0.3, 0.4) is 0 Å². The highest BCUT2D eigenvalue weighted by Gasteiger charge is 2.14. The van der Waals surface area contributed by atoms with Crippen LogP contribution in [0.25, 0.3) is 0 Å². The van der Waals surface area contributed by atoms with Gasteiger partial charge in [-0.05, 0) is 17.7 Å². The molecule has 1 amide bonds. The van der Waals surface area contributed by atoms with Crippen molar-refractivity contribution < 1.29 is 19.1 Å². The summed E-state index contributed by atoms with van der Waals surface area (Å²) in [5.41, 5.74) is 0.191. The van der Waals surface area contributed by atoms with Crippen molar-refractivity contribution in [1.82, 2.24) is 4.90 Å². The van der Waals surface area contributed by atoms with E-state index in [0.717, 1.165) is 11.0 Å². The Morgan fingerprint density at radius 3 is 2.65 bits per heavy atom. The Morgan fingerprint density at radius 2 is 2.12 bits per heavy atom. The number of hydrogen-bond acceptors (Lipinski definition) is 2. The van der Waals surface area contributed by atoms with E-state index >= 15 is 0 Å². The maximum atomic E-state index is 13.4. The van der Waals surface area contributed by atoms with Crippen LogP contribution in [0.1, 0.15) is 5.56 Å². The fourth-order valence-corrected chi connectivity index (χ4v) is 1.41. The van der Waals surface area contributed by atoms with Crippen molar-refractivity contribution in [3.63, 3.8) is 0 Å². The molecule has 0 saturated carbocycles. The predicted octanol–water partition coefficient (Wildman–Crippen LogP) is 1.56. The number of amides is 1. The predicted molar refractivity (Wildman–Crippen MR) is 60.4 cm³/mol. The molecule has 0 aromatic heterocycles. The molecule has 6 heteroatoms.